The molecule has 1 aliphatic heterocycles. The molecule has 5 nitrogen and oxygen atoms in total. The highest BCUT2D eigenvalue weighted by molar-refractivity contribution is 7.09. The Morgan fingerprint density at radius 1 is 1.47 bits per heavy atom. The number of carbonyl (C=O) groups is 1. The van der Waals surface area contributed by atoms with Crippen molar-refractivity contribution >= 4 is 29.7 Å². The molecule has 0 spiro atoms. The zero-order chi connectivity index (χ0) is 13.3. The Balaban J connectivity index is 0.00000180. The van der Waals surface area contributed by atoms with E-state index in [-0.39, 0.29) is 35.8 Å². The Labute approximate surface area is 123 Å². The lowest BCUT2D eigenvalue weighted by molar-refractivity contribution is -0.134. The molecule has 2 heterocycles. The molecule has 1 N–H and O–H groups in total. The van der Waals surface area contributed by atoms with Crippen LogP contribution in [0.1, 0.15) is 17.5 Å². The molecule has 19 heavy (non-hydrogen) atoms. The molecule has 1 amide bonds. The van der Waals surface area contributed by atoms with Gasteiger partial charge in [0.25, 0.3) is 0 Å². The molecule has 2 rings (SSSR count). The number of nitrogens with zero attached hydrogens (tertiary/aromatic N) is 2. The number of nitrogens with one attached hydrogen (secondary N) is 1. The van der Waals surface area contributed by atoms with Gasteiger partial charge in [0, 0.05) is 36.2 Å². The number of hydrogen-bond donors (Lipinski definition) is 1. The van der Waals surface area contributed by atoms with Crippen molar-refractivity contribution in [3.63, 3.8) is 0 Å². The van der Waals surface area contributed by atoms with Crippen molar-refractivity contribution in [1.82, 2.24) is 14.8 Å². The van der Waals surface area contributed by atoms with Crippen molar-refractivity contribution in [2.24, 2.45) is 0 Å². The quantitative estimate of drug-likeness (QED) is 0.878. The second kappa shape index (κ2) is 6.54. The van der Waals surface area contributed by atoms with E-state index in [0.717, 1.165) is 30.2 Å². The molecule has 0 aliphatic carbocycles. The summed E-state index contributed by atoms with van der Waals surface area (Å²) in [7, 11) is 0. The second-order valence-electron chi connectivity index (χ2n) is 4.74. The summed E-state index contributed by atoms with van der Waals surface area (Å²) >= 11 is 1.21. The minimum atomic E-state index is -0.0406. The van der Waals surface area contributed by atoms with E-state index in [2.05, 4.69) is 5.32 Å². The number of aryl methyl sites for hydroxylation is 1. The van der Waals surface area contributed by atoms with Crippen LogP contribution in [0.5, 0.6) is 0 Å². The Morgan fingerprint density at radius 3 is 2.68 bits per heavy atom. The summed E-state index contributed by atoms with van der Waals surface area (Å²) < 4.78 is 1.58. The van der Waals surface area contributed by atoms with Gasteiger partial charge < -0.3 is 10.2 Å². The van der Waals surface area contributed by atoms with Crippen molar-refractivity contribution < 1.29 is 4.79 Å². The Hall–Kier alpha value is -0.850. The molecule has 1 saturated heterocycles. The minimum absolute atomic E-state index is 0. The summed E-state index contributed by atoms with van der Waals surface area (Å²) in [4.78, 5) is 26.8. The highest BCUT2D eigenvalue weighted by Gasteiger charge is 2.24. The van der Waals surface area contributed by atoms with Crippen molar-refractivity contribution in [2.45, 2.75) is 33.4 Å². The van der Waals surface area contributed by atoms with E-state index in [1.807, 2.05) is 25.7 Å². The van der Waals surface area contributed by atoms with Crippen LogP contribution in [0.3, 0.4) is 0 Å². The van der Waals surface area contributed by atoms with Crippen LogP contribution in [-0.2, 0) is 11.3 Å². The fourth-order valence-corrected chi connectivity index (χ4v) is 3.04. The summed E-state index contributed by atoms with van der Waals surface area (Å²) in [5.74, 6) is 0.0343. The molecule has 108 valence electrons. The second-order valence-corrected chi connectivity index (χ2v) is 5.90. The summed E-state index contributed by atoms with van der Waals surface area (Å²) in [5.41, 5.74) is 0.904. The number of thiazole rings is 1. The third-order valence-corrected chi connectivity index (χ3v) is 4.49. The van der Waals surface area contributed by atoms with Gasteiger partial charge in [-0.3, -0.25) is 14.2 Å². The average molecular weight is 306 g/mol. The van der Waals surface area contributed by atoms with Gasteiger partial charge in [-0.25, -0.2) is 0 Å². The molecular formula is C12H20ClN3O2S. The first-order valence-corrected chi connectivity index (χ1v) is 6.99. The fourth-order valence-electron chi connectivity index (χ4n) is 2.21. The monoisotopic (exact) mass is 305 g/mol. The van der Waals surface area contributed by atoms with Gasteiger partial charge in [-0.2, -0.15) is 0 Å². The van der Waals surface area contributed by atoms with E-state index in [9.17, 15) is 9.59 Å². The molecule has 1 fully saturated rings. The lowest BCUT2D eigenvalue weighted by Crippen LogP contribution is -2.53. The summed E-state index contributed by atoms with van der Waals surface area (Å²) in [5, 5.41) is 3.25. The van der Waals surface area contributed by atoms with Gasteiger partial charge >= 0.3 is 4.87 Å². The average Bonchev–Trinajstić information content (AvgIpc) is 2.56. The van der Waals surface area contributed by atoms with Gasteiger partial charge in [0.15, 0.2) is 0 Å². The van der Waals surface area contributed by atoms with E-state index in [1.54, 1.807) is 4.57 Å². The first-order chi connectivity index (χ1) is 8.50. The van der Waals surface area contributed by atoms with E-state index in [0.29, 0.717) is 0 Å². The van der Waals surface area contributed by atoms with Gasteiger partial charge in [-0.05, 0) is 20.8 Å². The van der Waals surface area contributed by atoms with Crippen LogP contribution >= 0.6 is 23.7 Å². The molecule has 1 aromatic heterocycles. The predicted molar refractivity (Wildman–Crippen MR) is 79.3 cm³/mol. The molecule has 1 aliphatic rings. The van der Waals surface area contributed by atoms with Gasteiger partial charge in [0.1, 0.15) is 6.54 Å². The van der Waals surface area contributed by atoms with Crippen LogP contribution in [0.4, 0.5) is 0 Å². The van der Waals surface area contributed by atoms with E-state index in [4.69, 9.17) is 0 Å². The lowest BCUT2D eigenvalue weighted by atomic mass is 10.2. The van der Waals surface area contributed by atoms with Crippen LogP contribution in [0.2, 0.25) is 0 Å². The maximum Gasteiger partial charge on any atom is 0.308 e. The van der Waals surface area contributed by atoms with Crippen LogP contribution in [0, 0.1) is 13.8 Å². The van der Waals surface area contributed by atoms with Crippen molar-refractivity contribution in [2.75, 3.05) is 19.6 Å². The van der Waals surface area contributed by atoms with E-state index in [1.165, 1.54) is 11.3 Å². The predicted octanol–water partition coefficient (Wildman–Crippen LogP) is 0.769. The lowest BCUT2D eigenvalue weighted by Gasteiger charge is -2.34. The molecule has 0 aromatic carbocycles. The zero-order valence-electron chi connectivity index (χ0n) is 11.4. The largest absolute Gasteiger partial charge is 0.336 e. The topological polar surface area (TPSA) is 54.3 Å². The highest BCUT2D eigenvalue weighted by Crippen LogP contribution is 2.11. The van der Waals surface area contributed by atoms with Crippen LogP contribution < -0.4 is 10.2 Å². The first-order valence-electron chi connectivity index (χ1n) is 6.17. The molecule has 0 radical (unpaired) electrons. The van der Waals surface area contributed by atoms with E-state index >= 15 is 0 Å². The van der Waals surface area contributed by atoms with E-state index < -0.39 is 0 Å². The molecule has 1 aromatic rings. The molecule has 1 atom stereocenters. The van der Waals surface area contributed by atoms with Crippen LogP contribution in [0.15, 0.2) is 4.79 Å². The smallest absolute Gasteiger partial charge is 0.308 e. The summed E-state index contributed by atoms with van der Waals surface area (Å²) in [6.45, 7) is 8.36. The maximum absolute atomic E-state index is 12.2. The van der Waals surface area contributed by atoms with Gasteiger partial charge in [-0.1, -0.05) is 11.3 Å². The molecule has 7 heteroatoms. The van der Waals surface area contributed by atoms with Crippen molar-refractivity contribution in [3.8, 4) is 0 Å². The van der Waals surface area contributed by atoms with Gasteiger partial charge in [-0.15, -0.1) is 12.4 Å². The molecule has 0 bridgehead atoms. The Kier molecular flexibility index (Phi) is 5.58. The zero-order valence-corrected chi connectivity index (χ0v) is 13.1. The Morgan fingerprint density at radius 2 is 2.16 bits per heavy atom. The SMILES string of the molecule is Cc1sc(=O)n(CC(=O)N2CCNC[C@@H]2C)c1C.Cl. The van der Waals surface area contributed by atoms with Crippen molar-refractivity contribution in [3.05, 3.63) is 20.2 Å². The van der Waals surface area contributed by atoms with Crippen LogP contribution in [-0.4, -0.2) is 41.1 Å². The summed E-state index contributed by atoms with van der Waals surface area (Å²) in [6, 6.07) is 0.196. The normalized spacial score (nSPS) is 19.1. The number of piperazine rings is 1. The molecular weight excluding hydrogens is 286 g/mol. The third kappa shape index (κ3) is 3.38. The standard InChI is InChI=1S/C12H19N3O2S.ClH/c1-8-6-13-4-5-14(8)11(16)7-15-9(2)10(3)18-12(15)17;/h8,13H,4-7H2,1-3H3;1H/t8-;/m0./s1. The third-order valence-electron chi connectivity index (χ3n) is 3.49. The number of halogens is 1. The highest BCUT2D eigenvalue weighted by atomic mass is 35.5. The number of hydrogen-bond acceptors (Lipinski definition) is 4. The van der Waals surface area contributed by atoms with Gasteiger partial charge in [0.05, 0.1) is 0 Å². The minimum Gasteiger partial charge on any atom is -0.336 e. The Bertz CT molecular complexity index is 512. The molecule has 0 saturated carbocycles. The van der Waals surface area contributed by atoms with Crippen molar-refractivity contribution in [1.29, 1.82) is 0 Å². The maximum atomic E-state index is 12.2. The number of aromatic nitrogens is 1. The fraction of sp³-hybridized carbons (Fsp3) is 0.667. The summed E-state index contributed by atoms with van der Waals surface area (Å²) in [6.07, 6.45) is 0. The first kappa shape index (κ1) is 16.2. The number of rotatable bonds is 2. The number of amides is 1. The molecule has 0 unspecified atom stereocenters. The number of carbonyl (C=O) groups excluding carboxylic acids is 1. The van der Waals surface area contributed by atoms with Gasteiger partial charge in [0.2, 0.25) is 5.91 Å². The van der Waals surface area contributed by atoms with Crippen LogP contribution in [0.25, 0.3) is 0 Å².